The van der Waals surface area contributed by atoms with Crippen molar-refractivity contribution >= 4 is 17.7 Å². The maximum absolute atomic E-state index is 13.3. The highest BCUT2D eigenvalue weighted by Crippen LogP contribution is 2.21. The summed E-state index contributed by atoms with van der Waals surface area (Å²) in [5.74, 6) is -0.312. The molecule has 1 rings (SSSR count). The van der Waals surface area contributed by atoms with E-state index < -0.39 is 11.5 Å². The molecule has 88 valence electrons. The molecule has 0 aromatic heterocycles. The second-order valence-corrected chi connectivity index (χ2v) is 4.34. The molecule has 0 fully saturated rings. The van der Waals surface area contributed by atoms with E-state index in [0.29, 0.717) is 5.75 Å². The Balaban J connectivity index is 2.46. The van der Waals surface area contributed by atoms with Crippen molar-refractivity contribution in [2.75, 3.05) is 6.61 Å². The standard InChI is InChI=1S/C12H15FO2S/c1-3-15-12(14)11(13)16-8-10-7-5-4-6-9(10)2/h4-7,11H,3,8H2,1-2H3. The summed E-state index contributed by atoms with van der Waals surface area (Å²) in [5.41, 5.74) is 0.546. The summed E-state index contributed by atoms with van der Waals surface area (Å²) in [6, 6.07) is 7.73. The molecule has 0 saturated carbocycles. The van der Waals surface area contributed by atoms with Crippen molar-refractivity contribution in [3.8, 4) is 0 Å². The van der Waals surface area contributed by atoms with Crippen LogP contribution in [0.2, 0.25) is 0 Å². The molecule has 16 heavy (non-hydrogen) atoms. The Kier molecular flexibility index (Phi) is 5.32. The lowest BCUT2D eigenvalue weighted by Gasteiger charge is -2.08. The molecular weight excluding hydrogens is 227 g/mol. The first-order valence-corrected chi connectivity index (χ1v) is 6.16. The van der Waals surface area contributed by atoms with E-state index >= 15 is 0 Å². The Morgan fingerprint density at radius 1 is 1.50 bits per heavy atom. The Morgan fingerprint density at radius 3 is 2.81 bits per heavy atom. The van der Waals surface area contributed by atoms with Crippen LogP contribution < -0.4 is 0 Å². The fraction of sp³-hybridized carbons (Fsp3) is 0.417. The van der Waals surface area contributed by atoms with Crippen LogP contribution in [0.15, 0.2) is 24.3 Å². The van der Waals surface area contributed by atoms with Gasteiger partial charge in [-0.05, 0) is 25.0 Å². The average Bonchev–Trinajstić information content (AvgIpc) is 2.28. The number of carbonyl (C=O) groups is 1. The van der Waals surface area contributed by atoms with E-state index in [9.17, 15) is 9.18 Å². The molecular formula is C12H15FO2S. The number of hydrogen-bond donors (Lipinski definition) is 0. The average molecular weight is 242 g/mol. The number of hydrogen-bond acceptors (Lipinski definition) is 3. The highest BCUT2D eigenvalue weighted by atomic mass is 32.2. The van der Waals surface area contributed by atoms with Crippen LogP contribution in [0.1, 0.15) is 18.1 Å². The van der Waals surface area contributed by atoms with Crippen LogP contribution in [-0.2, 0) is 15.3 Å². The molecule has 0 saturated heterocycles. The van der Waals surface area contributed by atoms with E-state index in [1.807, 2.05) is 31.2 Å². The minimum atomic E-state index is -1.60. The number of thioether (sulfide) groups is 1. The number of aryl methyl sites for hydroxylation is 1. The molecule has 0 aliphatic carbocycles. The molecule has 1 atom stereocenters. The summed E-state index contributed by atoms with van der Waals surface area (Å²) in [5, 5.41) is 0. The predicted octanol–water partition coefficient (Wildman–Crippen LogP) is 3.09. The van der Waals surface area contributed by atoms with Crippen molar-refractivity contribution in [3.05, 3.63) is 35.4 Å². The molecule has 0 bridgehead atoms. The molecule has 0 spiro atoms. The molecule has 4 heteroatoms. The second kappa shape index (κ2) is 6.53. The number of ether oxygens (including phenoxy) is 1. The Labute approximate surface area is 99.2 Å². The summed E-state index contributed by atoms with van der Waals surface area (Å²) in [7, 11) is 0. The van der Waals surface area contributed by atoms with Crippen molar-refractivity contribution in [2.45, 2.75) is 25.1 Å². The van der Waals surface area contributed by atoms with Crippen LogP contribution in [0.5, 0.6) is 0 Å². The Hall–Kier alpha value is -1.03. The molecule has 1 unspecified atom stereocenters. The first-order valence-electron chi connectivity index (χ1n) is 5.12. The minimum Gasteiger partial charge on any atom is -0.463 e. The van der Waals surface area contributed by atoms with Crippen LogP contribution in [0, 0.1) is 6.92 Å². The molecule has 2 nitrogen and oxygen atoms in total. The summed E-state index contributed by atoms with van der Waals surface area (Å²) in [4.78, 5) is 11.0. The lowest BCUT2D eigenvalue weighted by molar-refractivity contribution is -0.145. The van der Waals surface area contributed by atoms with Gasteiger partial charge in [-0.2, -0.15) is 0 Å². The van der Waals surface area contributed by atoms with Crippen molar-refractivity contribution in [1.82, 2.24) is 0 Å². The first-order chi connectivity index (χ1) is 7.65. The smallest absolute Gasteiger partial charge is 0.351 e. The van der Waals surface area contributed by atoms with E-state index in [1.54, 1.807) is 6.92 Å². The molecule has 1 aromatic rings. The number of halogens is 1. The van der Waals surface area contributed by atoms with Gasteiger partial charge in [0.1, 0.15) is 0 Å². The fourth-order valence-electron chi connectivity index (χ4n) is 1.21. The normalized spacial score (nSPS) is 12.2. The zero-order valence-corrected chi connectivity index (χ0v) is 10.2. The Bertz CT molecular complexity index is 355. The fourth-order valence-corrected chi connectivity index (χ4v) is 2.06. The third-order valence-corrected chi connectivity index (χ3v) is 3.08. The van der Waals surface area contributed by atoms with Crippen molar-refractivity contribution < 1.29 is 13.9 Å². The third-order valence-electron chi connectivity index (χ3n) is 2.12. The molecule has 0 aliphatic heterocycles. The van der Waals surface area contributed by atoms with Gasteiger partial charge in [0.05, 0.1) is 6.61 Å². The number of alkyl halides is 1. The zero-order valence-electron chi connectivity index (χ0n) is 9.40. The van der Waals surface area contributed by atoms with Crippen molar-refractivity contribution in [3.63, 3.8) is 0 Å². The summed E-state index contributed by atoms with van der Waals surface area (Å²) < 4.78 is 17.9. The maximum atomic E-state index is 13.3. The number of benzene rings is 1. The first kappa shape index (κ1) is 13.0. The number of rotatable bonds is 5. The SMILES string of the molecule is CCOC(=O)C(F)SCc1ccccc1C. The van der Waals surface area contributed by atoms with Gasteiger partial charge in [0.25, 0.3) is 0 Å². The second-order valence-electron chi connectivity index (χ2n) is 3.31. The van der Waals surface area contributed by atoms with Crippen LogP contribution >= 0.6 is 11.8 Å². The highest BCUT2D eigenvalue weighted by molar-refractivity contribution is 7.99. The van der Waals surface area contributed by atoms with Crippen molar-refractivity contribution in [2.24, 2.45) is 0 Å². The maximum Gasteiger partial charge on any atom is 0.351 e. The predicted molar refractivity (Wildman–Crippen MR) is 64.0 cm³/mol. The molecule has 0 amide bonds. The molecule has 1 aromatic carbocycles. The van der Waals surface area contributed by atoms with E-state index in [4.69, 9.17) is 0 Å². The zero-order chi connectivity index (χ0) is 12.0. The minimum absolute atomic E-state index is 0.212. The summed E-state index contributed by atoms with van der Waals surface area (Å²) in [6.07, 6.45) is 0. The van der Waals surface area contributed by atoms with Crippen LogP contribution in [-0.4, -0.2) is 18.1 Å². The monoisotopic (exact) mass is 242 g/mol. The van der Waals surface area contributed by atoms with Gasteiger partial charge in [-0.3, -0.25) is 0 Å². The van der Waals surface area contributed by atoms with Gasteiger partial charge in [0.2, 0.25) is 5.50 Å². The Morgan fingerprint density at radius 2 is 2.19 bits per heavy atom. The van der Waals surface area contributed by atoms with Crippen LogP contribution in [0.3, 0.4) is 0 Å². The molecule has 0 heterocycles. The van der Waals surface area contributed by atoms with E-state index in [-0.39, 0.29) is 6.61 Å². The lowest BCUT2D eigenvalue weighted by atomic mass is 10.1. The summed E-state index contributed by atoms with van der Waals surface area (Å²) >= 11 is 0.951. The number of esters is 1. The largest absolute Gasteiger partial charge is 0.463 e. The quantitative estimate of drug-likeness (QED) is 0.742. The molecule has 0 N–H and O–H groups in total. The van der Waals surface area contributed by atoms with Crippen LogP contribution in [0.25, 0.3) is 0 Å². The van der Waals surface area contributed by atoms with Gasteiger partial charge in [0.15, 0.2) is 0 Å². The number of carbonyl (C=O) groups excluding carboxylic acids is 1. The van der Waals surface area contributed by atoms with E-state index in [0.717, 1.165) is 22.9 Å². The van der Waals surface area contributed by atoms with E-state index in [1.165, 1.54) is 0 Å². The van der Waals surface area contributed by atoms with Gasteiger partial charge in [0, 0.05) is 5.75 Å². The van der Waals surface area contributed by atoms with Crippen LogP contribution in [0.4, 0.5) is 4.39 Å². The van der Waals surface area contributed by atoms with Gasteiger partial charge < -0.3 is 4.74 Å². The topological polar surface area (TPSA) is 26.3 Å². The van der Waals surface area contributed by atoms with E-state index in [2.05, 4.69) is 4.74 Å². The molecule has 0 aliphatic rings. The third kappa shape index (κ3) is 3.85. The lowest BCUT2D eigenvalue weighted by Crippen LogP contribution is -2.15. The van der Waals surface area contributed by atoms with Gasteiger partial charge in [-0.15, -0.1) is 11.8 Å². The van der Waals surface area contributed by atoms with Gasteiger partial charge in [-0.1, -0.05) is 24.3 Å². The highest BCUT2D eigenvalue weighted by Gasteiger charge is 2.18. The summed E-state index contributed by atoms with van der Waals surface area (Å²) in [6.45, 7) is 3.84. The van der Waals surface area contributed by atoms with Gasteiger partial charge in [-0.25, -0.2) is 9.18 Å². The van der Waals surface area contributed by atoms with Gasteiger partial charge >= 0.3 is 5.97 Å². The van der Waals surface area contributed by atoms with Crippen molar-refractivity contribution in [1.29, 1.82) is 0 Å². The molecule has 0 radical (unpaired) electrons.